The number of rotatable bonds is 4. The Labute approximate surface area is 101 Å². The fourth-order valence-corrected chi connectivity index (χ4v) is 1.46. The highest BCUT2D eigenvalue weighted by Crippen LogP contribution is 2.24. The van der Waals surface area contributed by atoms with Crippen molar-refractivity contribution in [3.05, 3.63) is 33.2 Å². The monoisotopic (exact) mass is 256 g/mol. The van der Waals surface area contributed by atoms with Crippen molar-refractivity contribution in [1.29, 1.82) is 5.26 Å². The van der Waals surface area contributed by atoms with Gasteiger partial charge in [-0.3, -0.25) is 9.59 Å². The number of nitrogens with zero attached hydrogens (tertiary/aromatic N) is 1. The topological polar surface area (TPSA) is 83.0 Å². The molecule has 1 aromatic rings. The fourth-order valence-electron chi connectivity index (χ4n) is 1.46. The van der Waals surface area contributed by atoms with Crippen LogP contribution in [0.2, 0.25) is 0 Å². The van der Waals surface area contributed by atoms with E-state index in [1.807, 2.05) is 0 Å². The second kappa shape index (κ2) is 5.91. The van der Waals surface area contributed by atoms with Gasteiger partial charge in [-0.05, 0) is 12.5 Å². The number of aromatic amines is 1. The number of ether oxygens (including phenoxy) is 1. The molecule has 1 heterocycles. The minimum atomic E-state index is -3.01. The molecule has 0 saturated heterocycles. The molecule has 7 heteroatoms. The molecule has 96 valence electrons. The van der Waals surface area contributed by atoms with E-state index in [-0.39, 0.29) is 12.2 Å². The molecule has 0 aliphatic heterocycles. The Morgan fingerprint density at radius 2 is 2.28 bits per heavy atom. The van der Waals surface area contributed by atoms with E-state index in [1.54, 1.807) is 6.92 Å². The summed E-state index contributed by atoms with van der Waals surface area (Å²) >= 11 is 0. The first-order valence-corrected chi connectivity index (χ1v) is 5.09. The van der Waals surface area contributed by atoms with Crippen molar-refractivity contribution in [2.24, 2.45) is 0 Å². The van der Waals surface area contributed by atoms with Crippen molar-refractivity contribution >= 4 is 5.97 Å². The minimum absolute atomic E-state index is 0.111. The average Bonchev–Trinajstić information content (AvgIpc) is 2.30. The second-order valence-corrected chi connectivity index (χ2v) is 3.33. The fraction of sp³-hybridized carbons (Fsp3) is 0.364. The first-order valence-electron chi connectivity index (χ1n) is 5.09. The van der Waals surface area contributed by atoms with Gasteiger partial charge in [-0.15, -0.1) is 0 Å². The number of nitriles is 1. The van der Waals surface area contributed by atoms with E-state index < -0.39 is 35.5 Å². The van der Waals surface area contributed by atoms with Gasteiger partial charge in [-0.25, -0.2) is 8.78 Å². The maximum absolute atomic E-state index is 12.8. The van der Waals surface area contributed by atoms with Crippen LogP contribution in [0, 0.1) is 11.3 Å². The highest BCUT2D eigenvalue weighted by molar-refractivity contribution is 5.73. The second-order valence-electron chi connectivity index (χ2n) is 3.33. The normalized spacial score (nSPS) is 10.2. The molecule has 0 spiro atoms. The van der Waals surface area contributed by atoms with Crippen LogP contribution in [0.4, 0.5) is 8.78 Å². The van der Waals surface area contributed by atoms with Crippen molar-refractivity contribution in [2.75, 3.05) is 6.61 Å². The number of hydrogen-bond acceptors (Lipinski definition) is 4. The zero-order chi connectivity index (χ0) is 13.7. The lowest BCUT2D eigenvalue weighted by Gasteiger charge is -2.09. The zero-order valence-electron chi connectivity index (χ0n) is 9.50. The standard InChI is InChI=1S/C11H10F2N2O3/c1-2-18-8(16)3-6-5-15-11(17)7(4-14)9(6)10(12)13/h5,10H,2-3H2,1H3,(H,15,17). The number of hydrogen-bond donors (Lipinski definition) is 1. The summed E-state index contributed by atoms with van der Waals surface area (Å²) in [5.74, 6) is -0.699. The van der Waals surface area contributed by atoms with Crippen molar-refractivity contribution in [1.82, 2.24) is 4.98 Å². The van der Waals surface area contributed by atoms with E-state index in [4.69, 9.17) is 5.26 Å². The SMILES string of the molecule is CCOC(=O)Cc1c[nH]c(=O)c(C#N)c1C(F)F. The molecule has 5 nitrogen and oxygen atoms in total. The van der Waals surface area contributed by atoms with Gasteiger partial charge in [0, 0.05) is 11.8 Å². The molecule has 0 amide bonds. The summed E-state index contributed by atoms with van der Waals surface area (Å²) in [5.41, 5.74) is -2.40. The van der Waals surface area contributed by atoms with Gasteiger partial charge in [0.05, 0.1) is 13.0 Å². The Hall–Kier alpha value is -2.23. The van der Waals surface area contributed by atoms with Gasteiger partial charge in [0.25, 0.3) is 12.0 Å². The van der Waals surface area contributed by atoms with Crippen LogP contribution >= 0.6 is 0 Å². The number of alkyl halides is 2. The third-order valence-corrected chi connectivity index (χ3v) is 2.19. The summed E-state index contributed by atoms with van der Waals surface area (Å²) in [5, 5.41) is 8.69. The highest BCUT2D eigenvalue weighted by Gasteiger charge is 2.22. The predicted octanol–water partition coefficient (Wildman–Crippen LogP) is 1.29. The van der Waals surface area contributed by atoms with Crippen molar-refractivity contribution in [2.45, 2.75) is 19.8 Å². The first-order chi connectivity index (χ1) is 8.51. The van der Waals surface area contributed by atoms with Gasteiger partial charge in [0.15, 0.2) is 0 Å². The molecular weight excluding hydrogens is 246 g/mol. The lowest BCUT2D eigenvalue weighted by atomic mass is 10.0. The largest absolute Gasteiger partial charge is 0.466 e. The Balaban J connectivity index is 3.25. The van der Waals surface area contributed by atoms with Crippen LogP contribution in [-0.2, 0) is 16.0 Å². The summed E-state index contributed by atoms with van der Waals surface area (Å²) < 4.78 is 30.3. The van der Waals surface area contributed by atoms with Gasteiger partial charge in [0.2, 0.25) is 0 Å². The molecule has 1 rings (SSSR count). The number of aromatic nitrogens is 1. The van der Waals surface area contributed by atoms with Crippen molar-refractivity contribution in [3.63, 3.8) is 0 Å². The van der Waals surface area contributed by atoms with Crippen LogP contribution in [-0.4, -0.2) is 17.6 Å². The molecule has 0 aliphatic carbocycles. The van der Waals surface area contributed by atoms with Crippen LogP contribution in [0.25, 0.3) is 0 Å². The number of esters is 1. The molecule has 0 aliphatic rings. The molecule has 0 unspecified atom stereocenters. The smallest absolute Gasteiger partial charge is 0.310 e. The van der Waals surface area contributed by atoms with E-state index in [9.17, 15) is 18.4 Å². The quantitative estimate of drug-likeness (QED) is 0.823. The lowest BCUT2D eigenvalue weighted by Crippen LogP contribution is -2.18. The Bertz CT molecular complexity index is 546. The zero-order valence-corrected chi connectivity index (χ0v) is 9.50. The molecule has 0 aromatic carbocycles. The van der Waals surface area contributed by atoms with Gasteiger partial charge in [0.1, 0.15) is 11.6 Å². The van der Waals surface area contributed by atoms with Crippen LogP contribution in [0.15, 0.2) is 11.0 Å². The summed E-state index contributed by atoms with van der Waals surface area (Å²) in [6.07, 6.45) is -2.42. The van der Waals surface area contributed by atoms with E-state index >= 15 is 0 Å². The number of nitrogens with one attached hydrogen (secondary N) is 1. The lowest BCUT2D eigenvalue weighted by molar-refractivity contribution is -0.142. The molecule has 0 bridgehead atoms. The number of H-pyrrole nitrogens is 1. The average molecular weight is 256 g/mol. The molecule has 18 heavy (non-hydrogen) atoms. The van der Waals surface area contributed by atoms with E-state index in [0.717, 1.165) is 6.20 Å². The molecule has 1 N–H and O–H groups in total. The predicted molar refractivity (Wildman–Crippen MR) is 57.1 cm³/mol. The number of carbonyl (C=O) groups is 1. The maximum Gasteiger partial charge on any atom is 0.310 e. The van der Waals surface area contributed by atoms with E-state index in [2.05, 4.69) is 9.72 Å². The van der Waals surface area contributed by atoms with Gasteiger partial charge in [-0.1, -0.05) is 0 Å². The summed E-state index contributed by atoms with van der Waals surface area (Å²) in [6, 6.07) is 1.41. The van der Waals surface area contributed by atoms with Gasteiger partial charge >= 0.3 is 5.97 Å². The molecule has 0 atom stereocenters. The Morgan fingerprint density at radius 1 is 1.61 bits per heavy atom. The van der Waals surface area contributed by atoms with E-state index in [0.29, 0.717) is 0 Å². The van der Waals surface area contributed by atoms with Crippen LogP contribution < -0.4 is 5.56 Å². The Morgan fingerprint density at radius 3 is 2.78 bits per heavy atom. The third kappa shape index (κ3) is 2.91. The minimum Gasteiger partial charge on any atom is -0.466 e. The van der Waals surface area contributed by atoms with Crippen LogP contribution in [0.1, 0.15) is 30.0 Å². The van der Waals surface area contributed by atoms with Gasteiger partial charge < -0.3 is 9.72 Å². The number of carbonyl (C=O) groups excluding carboxylic acids is 1. The van der Waals surface area contributed by atoms with Crippen LogP contribution in [0.5, 0.6) is 0 Å². The molecule has 0 saturated carbocycles. The third-order valence-electron chi connectivity index (χ3n) is 2.19. The molecule has 0 fully saturated rings. The highest BCUT2D eigenvalue weighted by atomic mass is 19.3. The Kier molecular flexibility index (Phi) is 4.54. The molecule has 0 radical (unpaired) electrons. The summed E-state index contributed by atoms with van der Waals surface area (Å²) in [6.45, 7) is 1.71. The van der Waals surface area contributed by atoms with Crippen molar-refractivity contribution in [3.8, 4) is 6.07 Å². The maximum atomic E-state index is 12.8. The van der Waals surface area contributed by atoms with Crippen LogP contribution in [0.3, 0.4) is 0 Å². The number of pyridine rings is 1. The van der Waals surface area contributed by atoms with Crippen molar-refractivity contribution < 1.29 is 18.3 Å². The number of halogens is 2. The summed E-state index contributed by atoms with van der Waals surface area (Å²) in [7, 11) is 0. The first kappa shape index (κ1) is 13.8. The summed E-state index contributed by atoms with van der Waals surface area (Å²) in [4.78, 5) is 24.6. The molecular formula is C11H10F2N2O3. The van der Waals surface area contributed by atoms with Gasteiger partial charge in [-0.2, -0.15) is 5.26 Å². The van der Waals surface area contributed by atoms with E-state index in [1.165, 1.54) is 6.07 Å². The molecule has 1 aromatic heterocycles.